The van der Waals surface area contributed by atoms with Crippen molar-refractivity contribution < 1.29 is 0 Å². The highest BCUT2D eigenvalue weighted by Crippen LogP contribution is 2.27. The Balaban J connectivity index is 2.67. The second-order valence-corrected chi connectivity index (χ2v) is 6.59. The van der Waals surface area contributed by atoms with Crippen molar-refractivity contribution in [2.24, 2.45) is 11.7 Å². The lowest BCUT2D eigenvalue weighted by molar-refractivity contribution is 0.735. The quantitative estimate of drug-likeness (QED) is 0.829. The van der Waals surface area contributed by atoms with Gasteiger partial charge in [0, 0.05) is 21.2 Å². The fourth-order valence-corrected chi connectivity index (χ4v) is 2.98. The SMILES string of the molecule is CC(C)CSc1ccc(CC(C)N)c(Br)c1. The average molecular weight is 302 g/mol. The summed E-state index contributed by atoms with van der Waals surface area (Å²) < 4.78 is 1.18. The Morgan fingerprint density at radius 3 is 2.50 bits per heavy atom. The van der Waals surface area contributed by atoms with Crippen molar-refractivity contribution in [3.63, 3.8) is 0 Å². The molecule has 0 heterocycles. The van der Waals surface area contributed by atoms with Gasteiger partial charge in [-0.1, -0.05) is 35.8 Å². The van der Waals surface area contributed by atoms with Crippen molar-refractivity contribution in [1.82, 2.24) is 0 Å². The van der Waals surface area contributed by atoms with E-state index in [1.54, 1.807) is 0 Å². The highest BCUT2D eigenvalue weighted by molar-refractivity contribution is 9.10. The van der Waals surface area contributed by atoms with Gasteiger partial charge in [0.15, 0.2) is 0 Å². The lowest BCUT2D eigenvalue weighted by Crippen LogP contribution is -2.17. The van der Waals surface area contributed by atoms with E-state index in [4.69, 9.17) is 5.73 Å². The highest BCUT2D eigenvalue weighted by Gasteiger charge is 2.05. The molecule has 0 radical (unpaired) electrons. The van der Waals surface area contributed by atoms with Gasteiger partial charge in [-0.25, -0.2) is 0 Å². The number of rotatable bonds is 5. The first-order valence-electron chi connectivity index (χ1n) is 5.66. The second kappa shape index (κ2) is 6.67. The maximum Gasteiger partial charge on any atom is 0.0219 e. The normalized spacial score (nSPS) is 13.1. The van der Waals surface area contributed by atoms with Crippen molar-refractivity contribution in [2.75, 3.05) is 5.75 Å². The second-order valence-electron chi connectivity index (χ2n) is 4.64. The Kier molecular flexibility index (Phi) is 5.87. The zero-order chi connectivity index (χ0) is 12.1. The van der Waals surface area contributed by atoms with Crippen LogP contribution in [-0.2, 0) is 6.42 Å². The van der Waals surface area contributed by atoms with Crippen molar-refractivity contribution in [3.8, 4) is 0 Å². The summed E-state index contributed by atoms with van der Waals surface area (Å²) in [6, 6.07) is 6.78. The number of benzene rings is 1. The molecule has 90 valence electrons. The minimum atomic E-state index is 0.213. The van der Waals surface area contributed by atoms with Crippen LogP contribution in [0.3, 0.4) is 0 Å². The molecule has 0 saturated carbocycles. The molecule has 0 aromatic heterocycles. The van der Waals surface area contributed by atoms with Crippen molar-refractivity contribution in [1.29, 1.82) is 0 Å². The van der Waals surface area contributed by atoms with Gasteiger partial charge in [0.2, 0.25) is 0 Å². The van der Waals surface area contributed by atoms with Gasteiger partial charge in [-0.15, -0.1) is 11.8 Å². The van der Waals surface area contributed by atoms with Crippen LogP contribution in [0.5, 0.6) is 0 Å². The zero-order valence-corrected chi connectivity index (χ0v) is 12.6. The van der Waals surface area contributed by atoms with Crippen molar-refractivity contribution >= 4 is 27.7 Å². The third kappa shape index (κ3) is 4.89. The standard InChI is InChI=1S/C13H20BrNS/c1-9(2)8-16-12-5-4-11(6-10(3)15)13(14)7-12/h4-5,7,9-10H,6,8,15H2,1-3H3. The minimum absolute atomic E-state index is 0.213. The summed E-state index contributed by atoms with van der Waals surface area (Å²) in [5, 5.41) is 0. The lowest BCUT2D eigenvalue weighted by Gasteiger charge is -2.10. The van der Waals surface area contributed by atoms with Crippen LogP contribution >= 0.6 is 27.7 Å². The van der Waals surface area contributed by atoms with Gasteiger partial charge in [-0.2, -0.15) is 0 Å². The molecule has 0 amide bonds. The van der Waals surface area contributed by atoms with Crippen LogP contribution in [-0.4, -0.2) is 11.8 Å². The van der Waals surface area contributed by atoms with Crippen LogP contribution < -0.4 is 5.73 Å². The molecule has 1 aromatic rings. The van der Waals surface area contributed by atoms with Crippen LogP contribution in [0.4, 0.5) is 0 Å². The topological polar surface area (TPSA) is 26.0 Å². The number of hydrogen-bond donors (Lipinski definition) is 1. The smallest absolute Gasteiger partial charge is 0.0219 e. The number of nitrogens with two attached hydrogens (primary N) is 1. The van der Waals surface area contributed by atoms with E-state index < -0.39 is 0 Å². The third-order valence-corrected chi connectivity index (χ3v) is 4.31. The van der Waals surface area contributed by atoms with E-state index in [-0.39, 0.29) is 6.04 Å². The van der Waals surface area contributed by atoms with Gasteiger partial charge < -0.3 is 5.73 Å². The molecule has 1 unspecified atom stereocenters. The largest absolute Gasteiger partial charge is 0.328 e. The summed E-state index contributed by atoms with van der Waals surface area (Å²) in [4.78, 5) is 1.33. The fourth-order valence-electron chi connectivity index (χ4n) is 1.39. The van der Waals surface area contributed by atoms with Crippen LogP contribution in [0.2, 0.25) is 0 Å². The summed E-state index contributed by atoms with van der Waals surface area (Å²) >= 11 is 5.52. The molecule has 1 aromatic carbocycles. The van der Waals surface area contributed by atoms with Gasteiger partial charge in [-0.05, 0) is 37.0 Å². The zero-order valence-electron chi connectivity index (χ0n) is 10.2. The van der Waals surface area contributed by atoms with E-state index in [1.807, 2.05) is 18.7 Å². The minimum Gasteiger partial charge on any atom is -0.328 e. The van der Waals surface area contributed by atoms with Gasteiger partial charge in [0.05, 0.1) is 0 Å². The molecule has 0 bridgehead atoms. The van der Waals surface area contributed by atoms with Crippen molar-refractivity contribution in [3.05, 3.63) is 28.2 Å². The molecule has 0 fully saturated rings. The van der Waals surface area contributed by atoms with Gasteiger partial charge in [0.1, 0.15) is 0 Å². The maximum absolute atomic E-state index is 5.80. The van der Waals surface area contributed by atoms with E-state index in [1.165, 1.54) is 20.7 Å². The predicted octanol–water partition coefficient (Wildman–Crippen LogP) is 4.09. The van der Waals surface area contributed by atoms with Crippen LogP contribution in [0, 0.1) is 5.92 Å². The van der Waals surface area contributed by atoms with Gasteiger partial charge >= 0.3 is 0 Å². The Labute approximate surface area is 111 Å². The molecular weight excluding hydrogens is 282 g/mol. The Bertz CT molecular complexity index is 337. The molecular formula is C13H20BrNS. The molecule has 0 saturated heterocycles. The molecule has 0 aliphatic rings. The fraction of sp³-hybridized carbons (Fsp3) is 0.538. The molecule has 2 N–H and O–H groups in total. The monoisotopic (exact) mass is 301 g/mol. The first-order valence-corrected chi connectivity index (χ1v) is 7.43. The molecule has 1 nitrogen and oxygen atoms in total. The molecule has 0 aliphatic heterocycles. The molecule has 0 aliphatic carbocycles. The van der Waals surface area contributed by atoms with E-state index in [0.717, 1.165) is 12.3 Å². The average Bonchev–Trinajstić information content (AvgIpc) is 2.18. The molecule has 16 heavy (non-hydrogen) atoms. The van der Waals surface area contributed by atoms with E-state index in [9.17, 15) is 0 Å². The van der Waals surface area contributed by atoms with E-state index in [0.29, 0.717) is 0 Å². The summed E-state index contributed by atoms with van der Waals surface area (Å²) in [6.45, 7) is 6.52. The molecule has 3 heteroatoms. The summed E-state index contributed by atoms with van der Waals surface area (Å²) in [5.41, 5.74) is 7.10. The third-order valence-electron chi connectivity index (χ3n) is 2.15. The van der Waals surface area contributed by atoms with Crippen LogP contribution in [0.25, 0.3) is 0 Å². The van der Waals surface area contributed by atoms with Crippen LogP contribution in [0.1, 0.15) is 26.3 Å². The predicted molar refractivity (Wildman–Crippen MR) is 77.1 cm³/mol. The van der Waals surface area contributed by atoms with Crippen molar-refractivity contribution in [2.45, 2.75) is 38.1 Å². The Hall–Kier alpha value is 0.01000. The number of thioether (sulfide) groups is 1. The molecule has 0 spiro atoms. The van der Waals surface area contributed by atoms with E-state index >= 15 is 0 Å². The van der Waals surface area contributed by atoms with Gasteiger partial charge in [0.25, 0.3) is 0 Å². The summed E-state index contributed by atoms with van der Waals surface area (Å²) in [7, 11) is 0. The molecule has 1 atom stereocenters. The van der Waals surface area contributed by atoms with Gasteiger partial charge in [-0.3, -0.25) is 0 Å². The summed E-state index contributed by atoms with van der Waals surface area (Å²) in [5.74, 6) is 1.89. The number of hydrogen-bond acceptors (Lipinski definition) is 2. The summed E-state index contributed by atoms with van der Waals surface area (Å²) in [6.07, 6.45) is 0.926. The number of halogens is 1. The Morgan fingerprint density at radius 2 is 2.00 bits per heavy atom. The first-order chi connectivity index (χ1) is 7.49. The lowest BCUT2D eigenvalue weighted by atomic mass is 10.1. The molecule has 1 rings (SSSR count). The maximum atomic E-state index is 5.80. The van der Waals surface area contributed by atoms with Crippen LogP contribution in [0.15, 0.2) is 27.6 Å². The highest BCUT2D eigenvalue weighted by atomic mass is 79.9. The first kappa shape index (κ1) is 14.1. The Morgan fingerprint density at radius 1 is 1.31 bits per heavy atom. The van der Waals surface area contributed by atoms with E-state index in [2.05, 4.69) is 48.0 Å².